The maximum atomic E-state index is 5.30. The van der Waals surface area contributed by atoms with Gasteiger partial charge in [0.05, 0.1) is 12.1 Å². The summed E-state index contributed by atoms with van der Waals surface area (Å²) in [5.74, 6) is 7.31. The van der Waals surface area contributed by atoms with Crippen LogP contribution in [0.15, 0.2) is 17.8 Å². The van der Waals surface area contributed by atoms with Crippen LogP contribution in [-0.2, 0) is 6.54 Å². The van der Waals surface area contributed by atoms with E-state index in [0.717, 1.165) is 10.7 Å². The molecule has 2 heterocycles. The molecule has 0 amide bonds. The van der Waals surface area contributed by atoms with E-state index in [1.165, 1.54) is 0 Å². The van der Waals surface area contributed by atoms with Crippen molar-refractivity contribution in [3.05, 3.63) is 28.5 Å². The monoisotopic (exact) mass is 236 g/mol. The third kappa shape index (κ3) is 2.65. The van der Waals surface area contributed by atoms with E-state index in [9.17, 15) is 0 Å². The Morgan fingerprint density at radius 3 is 2.88 bits per heavy atom. The lowest BCUT2D eigenvalue weighted by Crippen LogP contribution is -2.11. The number of aryl methyl sites for hydroxylation is 1. The Hall–Kier alpha value is -1.73. The van der Waals surface area contributed by atoms with E-state index in [1.807, 2.05) is 13.1 Å². The van der Waals surface area contributed by atoms with Crippen LogP contribution in [0.1, 0.15) is 10.7 Å². The minimum atomic E-state index is 0.597. The molecule has 2 aromatic heterocycles. The molecule has 0 fully saturated rings. The van der Waals surface area contributed by atoms with Gasteiger partial charge in [0.2, 0.25) is 0 Å². The summed E-state index contributed by atoms with van der Waals surface area (Å²) in [4.78, 5) is 13.5. The van der Waals surface area contributed by atoms with Crippen molar-refractivity contribution in [2.75, 3.05) is 10.7 Å². The average Bonchev–Trinajstić information content (AvgIpc) is 2.78. The van der Waals surface area contributed by atoms with Crippen LogP contribution in [0.25, 0.3) is 0 Å². The lowest BCUT2D eigenvalue weighted by molar-refractivity contribution is 1.02. The quantitative estimate of drug-likeness (QED) is 0.545. The van der Waals surface area contributed by atoms with E-state index < -0.39 is 0 Å². The summed E-state index contributed by atoms with van der Waals surface area (Å²) in [5, 5.41) is 3.19. The molecule has 0 unspecified atom stereocenters. The van der Waals surface area contributed by atoms with Crippen LogP contribution in [0.3, 0.4) is 0 Å². The molecule has 0 aliphatic carbocycles. The summed E-state index contributed by atoms with van der Waals surface area (Å²) in [5.41, 5.74) is 4.30. The predicted octanol–water partition coefficient (Wildman–Crippen LogP) is 1.14. The molecule has 84 valence electrons. The number of nitrogens with two attached hydrogens (primary N) is 1. The number of hydrogen-bond acceptors (Lipinski definition) is 7. The number of anilines is 2. The Labute approximate surface area is 96.9 Å². The highest BCUT2D eigenvalue weighted by Crippen LogP contribution is 2.12. The zero-order chi connectivity index (χ0) is 11.4. The number of thiazole rings is 1. The van der Waals surface area contributed by atoms with E-state index in [4.69, 9.17) is 5.84 Å². The summed E-state index contributed by atoms with van der Waals surface area (Å²) in [6.45, 7) is 2.52. The average molecular weight is 236 g/mol. The van der Waals surface area contributed by atoms with Gasteiger partial charge < -0.3 is 10.7 Å². The van der Waals surface area contributed by atoms with Crippen LogP contribution < -0.4 is 16.6 Å². The second kappa shape index (κ2) is 4.86. The lowest BCUT2D eigenvalue weighted by atomic mass is 10.4. The van der Waals surface area contributed by atoms with Crippen molar-refractivity contribution in [1.29, 1.82) is 0 Å². The number of hydrogen-bond donors (Lipinski definition) is 3. The summed E-state index contributed by atoms with van der Waals surface area (Å²) < 4.78 is 0. The second-order valence-electron chi connectivity index (χ2n) is 3.15. The zero-order valence-electron chi connectivity index (χ0n) is 8.77. The van der Waals surface area contributed by atoms with Crippen LogP contribution in [0, 0.1) is 6.92 Å². The topological polar surface area (TPSA) is 88.8 Å². The largest absolute Gasteiger partial charge is 0.365 e. The lowest BCUT2D eigenvalue weighted by Gasteiger charge is -2.06. The smallest absolute Gasteiger partial charge is 0.145 e. The van der Waals surface area contributed by atoms with E-state index in [-0.39, 0.29) is 0 Å². The normalized spacial score (nSPS) is 10.1. The van der Waals surface area contributed by atoms with Gasteiger partial charge in [0, 0.05) is 17.1 Å². The molecular formula is C9H12N6S. The van der Waals surface area contributed by atoms with Gasteiger partial charge in [0.15, 0.2) is 0 Å². The number of nitrogens with one attached hydrogen (secondary N) is 2. The molecule has 0 spiro atoms. The van der Waals surface area contributed by atoms with Crippen molar-refractivity contribution in [2.45, 2.75) is 13.5 Å². The van der Waals surface area contributed by atoms with Crippen LogP contribution >= 0.6 is 11.3 Å². The Morgan fingerprint density at radius 1 is 1.38 bits per heavy atom. The molecule has 0 bridgehead atoms. The first-order chi connectivity index (χ1) is 7.78. The first-order valence-corrected chi connectivity index (χ1v) is 5.59. The molecule has 16 heavy (non-hydrogen) atoms. The molecule has 0 saturated carbocycles. The van der Waals surface area contributed by atoms with Gasteiger partial charge in [-0.25, -0.2) is 15.8 Å². The van der Waals surface area contributed by atoms with Crippen LogP contribution in [0.2, 0.25) is 0 Å². The molecular weight excluding hydrogens is 224 g/mol. The minimum Gasteiger partial charge on any atom is -0.365 e. The second-order valence-corrected chi connectivity index (χ2v) is 4.12. The van der Waals surface area contributed by atoms with Gasteiger partial charge in [-0.1, -0.05) is 0 Å². The Morgan fingerprint density at radius 2 is 2.19 bits per heavy atom. The predicted molar refractivity (Wildman–Crippen MR) is 64.0 cm³/mol. The van der Waals surface area contributed by atoms with Crippen molar-refractivity contribution < 1.29 is 0 Å². The number of hydrazine groups is 1. The van der Waals surface area contributed by atoms with Crippen LogP contribution in [0.5, 0.6) is 0 Å². The maximum Gasteiger partial charge on any atom is 0.145 e. The fraction of sp³-hybridized carbons (Fsp3) is 0.222. The van der Waals surface area contributed by atoms with Crippen molar-refractivity contribution in [1.82, 2.24) is 15.0 Å². The number of nitrogen functional groups attached to an aromatic ring is 1. The van der Waals surface area contributed by atoms with Gasteiger partial charge >= 0.3 is 0 Å². The Kier molecular flexibility index (Phi) is 3.28. The fourth-order valence-corrected chi connectivity index (χ4v) is 1.77. The minimum absolute atomic E-state index is 0.597. The number of nitrogens with zero attached hydrogens (tertiary/aromatic N) is 3. The van der Waals surface area contributed by atoms with Crippen LogP contribution in [-0.4, -0.2) is 15.0 Å². The highest BCUT2D eigenvalue weighted by atomic mass is 32.1. The first kappa shape index (κ1) is 10.8. The van der Waals surface area contributed by atoms with Gasteiger partial charge in [-0.2, -0.15) is 0 Å². The summed E-state index contributed by atoms with van der Waals surface area (Å²) in [6, 6.07) is 1.76. The van der Waals surface area contributed by atoms with Gasteiger partial charge in [0.25, 0.3) is 0 Å². The molecule has 0 saturated heterocycles. The van der Waals surface area contributed by atoms with Crippen LogP contribution in [0.4, 0.5) is 11.6 Å². The van der Waals surface area contributed by atoms with Crippen molar-refractivity contribution in [3.63, 3.8) is 0 Å². The fourth-order valence-electron chi connectivity index (χ4n) is 1.24. The number of aromatic nitrogens is 3. The molecule has 0 aliphatic rings. The molecule has 0 aliphatic heterocycles. The molecule has 0 aromatic carbocycles. The molecule has 2 aromatic rings. The van der Waals surface area contributed by atoms with Gasteiger partial charge in [-0.05, 0) is 6.92 Å². The van der Waals surface area contributed by atoms with Gasteiger partial charge in [0.1, 0.15) is 17.5 Å². The highest BCUT2D eigenvalue weighted by Gasteiger charge is 2.01. The summed E-state index contributed by atoms with van der Waals surface area (Å²) >= 11 is 1.60. The molecule has 2 rings (SSSR count). The maximum absolute atomic E-state index is 5.30. The van der Waals surface area contributed by atoms with Crippen molar-refractivity contribution in [2.24, 2.45) is 5.84 Å². The third-order valence-electron chi connectivity index (χ3n) is 1.91. The van der Waals surface area contributed by atoms with E-state index >= 15 is 0 Å². The van der Waals surface area contributed by atoms with Crippen molar-refractivity contribution >= 4 is 23.0 Å². The standard InChI is InChI=1S/C9H12N6S/c1-6-13-8(2-9(14-6)15-10)12-4-7-3-11-5-16-7/h2-3,5H,4,10H2,1H3,(H2,12,13,14,15). The molecule has 7 heteroatoms. The molecule has 6 nitrogen and oxygen atoms in total. The van der Waals surface area contributed by atoms with Gasteiger partial charge in [-0.3, -0.25) is 4.98 Å². The third-order valence-corrected chi connectivity index (χ3v) is 2.69. The van der Waals surface area contributed by atoms with Crippen molar-refractivity contribution in [3.8, 4) is 0 Å². The SMILES string of the molecule is Cc1nc(NN)cc(NCc2cncs2)n1. The molecule has 0 radical (unpaired) electrons. The summed E-state index contributed by atoms with van der Waals surface area (Å²) in [6.07, 6.45) is 1.83. The zero-order valence-corrected chi connectivity index (χ0v) is 9.58. The molecule has 0 atom stereocenters. The Balaban J connectivity index is 2.06. The van der Waals surface area contributed by atoms with E-state index in [2.05, 4.69) is 25.7 Å². The van der Waals surface area contributed by atoms with Gasteiger partial charge in [-0.15, -0.1) is 11.3 Å². The van der Waals surface area contributed by atoms with E-state index in [0.29, 0.717) is 18.2 Å². The summed E-state index contributed by atoms with van der Waals surface area (Å²) in [7, 11) is 0. The highest BCUT2D eigenvalue weighted by molar-refractivity contribution is 7.09. The van der Waals surface area contributed by atoms with E-state index in [1.54, 1.807) is 22.9 Å². The Bertz CT molecular complexity index is 455. The number of rotatable bonds is 4. The first-order valence-electron chi connectivity index (χ1n) is 4.71. The molecule has 4 N–H and O–H groups in total.